The van der Waals surface area contributed by atoms with Crippen molar-refractivity contribution < 1.29 is 13.9 Å². The quantitative estimate of drug-likeness (QED) is 0.403. The van der Waals surface area contributed by atoms with E-state index < -0.39 is 6.04 Å². The number of aryl methyl sites for hydroxylation is 2. The summed E-state index contributed by atoms with van der Waals surface area (Å²) in [6, 6.07) is 19.1. The average molecular weight is 485 g/mol. The molecule has 0 saturated carbocycles. The number of benzene rings is 3. The van der Waals surface area contributed by atoms with E-state index >= 15 is 0 Å². The summed E-state index contributed by atoms with van der Waals surface area (Å²) in [5, 5.41) is 18.1. The SMILES string of the molecule is CC1=C(C(=O)Nc2ccc(C)cc2C)C(c2ccc(OCc3ccccc3F)cc2)n2nnnc2N1. The van der Waals surface area contributed by atoms with Crippen LogP contribution in [0.4, 0.5) is 16.0 Å². The smallest absolute Gasteiger partial charge is 0.255 e. The Bertz CT molecular complexity index is 1460. The van der Waals surface area contributed by atoms with Crippen molar-refractivity contribution in [2.75, 3.05) is 10.6 Å². The maximum absolute atomic E-state index is 13.9. The van der Waals surface area contributed by atoms with E-state index in [0.717, 1.165) is 22.4 Å². The van der Waals surface area contributed by atoms with Crippen LogP contribution in [0, 0.1) is 19.7 Å². The zero-order chi connectivity index (χ0) is 25.2. The summed E-state index contributed by atoms with van der Waals surface area (Å²) in [5.41, 5.74) is 5.26. The van der Waals surface area contributed by atoms with E-state index in [1.54, 1.807) is 35.0 Å². The van der Waals surface area contributed by atoms with E-state index in [0.29, 0.717) is 28.5 Å². The second-order valence-electron chi connectivity index (χ2n) is 8.73. The van der Waals surface area contributed by atoms with Crippen LogP contribution in [0.2, 0.25) is 0 Å². The van der Waals surface area contributed by atoms with Gasteiger partial charge in [0.15, 0.2) is 0 Å². The highest BCUT2D eigenvalue weighted by Crippen LogP contribution is 2.35. The monoisotopic (exact) mass is 484 g/mol. The van der Waals surface area contributed by atoms with Crippen molar-refractivity contribution in [3.63, 3.8) is 0 Å². The number of hydrogen-bond acceptors (Lipinski definition) is 6. The van der Waals surface area contributed by atoms with E-state index in [1.165, 1.54) is 6.07 Å². The molecule has 5 rings (SSSR count). The Balaban J connectivity index is 1.42. The Morgan fingerprint density at radius 3 is 2.61 bits per heavy atom. The molecule has 1 aliphatic rings. The average Bonchev–Trinajstić information content (AvgIpc) is 3.33. The van der Waals surface area contributed by atoms with Gasteiger partial charge in [-0.3, -0.25) is 4.79 Å². The van der Waals surface area contributed by atoms with Crippen LogP contribution in [0.25, 0.3) is 0 Å². The highest BCUT2D eigenvalue weighted by atomic mass is 19.1. The molecular formula is C27H25FN6O2. The van der Waals surface area contributed by atoms with Gasteiger partial charge in [-0.25, -0.2) is 4.39 Å². The molecule has 0 aliphatic carbocycles. The number of hydrogen-bond donors (Lipinski definition) is 2. The highest BCUT2D eigenvalue weighted by molar-refractivity contribution is 6.06. The lowest BCUT2D eigenvalue weighted by Gasteiger charge is -2.28. The standard InChI is InChI=1S/C27H25FN6O2/c1-16-8-13-23(17(2)14-16)30-26(35)24-18(3)29-27-31-32-33-34(27)25(24)19-9-11-21(12-10-19)36-15-20-6-4-5-7-22(20)28/h4-14,25H,15H2,1-3H3,(H,30,35)(H,29,31,33). The normalized spacial score (nSPS) is 14.7. The number of tetrazole rings is 1. The number of anilines is 2. The zero-order valence-corrected chi connectivity index (χ0v) is 20.1. The summed E-state index contributed by atoms with van der Waals surface area (Å²) in [7, 11) is 0. The predicted octanol–water partition coefficient (Wildman–Crippen LogP) is 4.94. The lowest BCUT2D eigenvalue weighted by atomic mass is 9.94. The van der Waals surface area contributed by atoms with Crippen molar-refractivity contribution in [3.8, 4) is 5.75 Å². The molecule has 2 heterocycles. The molecule has 1 atom stereocenters. The fourth-order valence-electron chi connectivity index (χ4n) is 4.28. The molecule has 0 fully saturated rings. The van der Waals surface area contributed by atoms with Gasteiger partial charge in [0.1, 0.15) is 24.2 Å². The molecule has 1 unspecified atom stereocenters. The van der Waals surface area contributed by atoms with Crippen molar-refractivity contribution in [2.24, 2.45) is 0 Å². The Morgan fingerprint density at radius 1 is 1.08 bits per heavy atom. The van der Waals surface area contributed by atoms with E-state index in [9.17, 15) is 9.18 Å². The second-order valence-corrected chi connectivity index (χ2v) is 8.73. The first-order chi connectivity index (χ1) is 17.4. The number of ether oxygens (including phenoxy) is 1. The number of amides is 1. The van der Waals surface area contributed by atoms with Gasteiger partial charge in [-0.2, -0.15) is 4.68 Å². The molecule has 0 radical (unpaired) electrons. The van der Waals surface area contributed by atoms with Crippen LogP contribution in [0.5, 0.6) is 5.75 Å². The van der Waals surface area contributed by atoms with Gasteiger partial charge in [-0.15, -0.1) is 0 Å². The Kier molecular flexibility index (Phi) is 6.20. The molecule has 0 spiro atoms. The van der Waals surface area contributed by atoms with E-state index in [-0.39, 0.29) is 18.3 Å². The van der Waals surface area contributed by atoms with E-state index in [4.69, 9.17) is 4.74 Å². The van der Waals surface area contributed by atoms with Crippen LogP contribution in [0.3, 0.4) is 0 Å². The summed E-state index contributed by atoms with van der Waals surface area (Å²) in [4.78, 5) is 13.5. The van der Waals surface area contributed by atoms with Gasteiger partial charge >= 0.3 is 0 Å². The van der Waals surface area contributed by atoms with Gasteiger partial charge in [0, 0.05) is 16.9 Å². The van der Waals surface area contributed by atoms with Crippen molar-refractivity contribution in [3.05, 3.63) is 106 Å². The first-order valence-electron chi connectivity index (χ1n) is 11.5. The number of aromatic nitrogens is 4. The van der Waals surface area contributed by atoms with Gasteiger partial charge in [0.2, 0.25) is 5.95 Å². The third kappa shape index (κ3) is 4.55. The van der Waals surface area contributed by atoms with Crippen LogP contribution in [0.1, 0.15) is 35.2 Å². The summed E-state index contributed by atoms with van der Waals surface area (Å²) in [5.74, 6) is 0.461. The number of rotatable bonds is 6. The number of nitrogens with one attached hydrogen (secondary N) is 2. The minimum atomic E-state index is -0.553. The molecule has 4 aromatic rings. The molecule has 182 valence electrons. The summed E-state index contributed by atoms with van der Waals surface area (Å²) < 4.78 is 21.3. The Morgan fingerprint density at radius 2 is 1.86 bits per heavy atom. The number of carbonyl (C=O) groups excluding carboxylic acids is 1. The molecule has 8 nitrogen and oxygen atoms in total. The second kappa shape index (κ2) is 9.61. The lowest BCUT2D eigenvalue weighted by Crippen LogP contribution is -2.31. The van der Waals surface area contributed by atoms with Crippen molar-refractivity contribution in [1.29, 1.82) is 0 Å². The third-order valence-corrected chi connectivity index (χ3v) is 6.14. The topological polar surface area (TPSA) is 94.0 Å². The summed E-state index contributed by atoms with van der Waals surface area (Å²) >= 11 is 0. The summed E-state index contributed by atoms with van der Waals surface area (Å²) in [6.45, 7) is 5.91. The molecule has 1 aromatic heterocycles. The number of nitrogens with zero attached hydrogens (tertiary/aromatic N) is 4. The molecule has 0 bridgehead atoms. The van der Waals surface area contributed by atoms with Crippen LogP contribution < -0.4 is 15.4 Å². The Hall–Kier alpha value is -4.53. The molecule has 36 heavy (non-hydrogen) atoms. The largest absolute Gasteiger partial charge is 0.489 e. The molecule has 2 N–H and O–H groups in total. The van der Waals surface area contributed by atoms with Crippen molar-refractivity contribution >= 4 is 17.5 Å². The minimum Gasteiger partial charge on any atom is -0.489 e. The zero-order valence-electron chi connectivity index (χ0n) is 20.1. The van der Waals surface area contributed by atoms with Crippen molar-refractivity contribution in [1.82, 2.24) is 20.2 Å². The van der Waals surface area contributed by atoms with Crippen LogP contribution >= 0.6 is 0 Å². The van der Waals surface area contributed by atoms with Gasteiger partial charge < -0.3 is 15.4 Å². The first kappa shape index (κ1) is 23.2. The fraction of sp³-hybridized carbons (Fsp3) is 0.185. The van der Waals surface area contributed by atoms with Crippen LogP contribution in [0.15, 0.2) is 78.0 Å². The maximum Gasteiger partial charge on any atom is 0.255 e. The number of halogens is 1. The number of allylic oxidation sites excluding steroid dienone is 1. The van der Waals surface area contributed by atoms with Gasteiger partial charge in [-0.05, 0) is 66.6 Å². The lowest BCUT2D eigenvalue weighted by molar-refractivity contribution is -0.113. The molecule has 3 aromatic carbocycles. The number of carbonyl (C=O) groups is 1. The van der Waals surface area contributed by atoms with Gasteiger partial charge in [-0.1, -0.05) is 53.1 Å². The number of fused-ring (bicyclic) bond motifs is 1. The fourth-order valence-corrected chi connectivity index (χ4v) is 4.28. The Labute approximate surface area is 207 Å². The first-order valence-corrected chi connectivity index (χ1v) is 11.5. The maximum atomic E-state index is 13.9. The summed E-state index contributed by atoms with van der Waals surface area (Å²) in [6.07, 6.45) is 0. The van der Waals surface area contributed by atoms with Crippen LogP contribution in [-0.2, 0) is 11.4 Å². The van der Waals surface area contributed by atoms with Crippen LogP contribution in [-0.4, -0.2) is 26.1 Å². The van der Waals surface area contributed by atoms with E-state index in [2.05, 4.69) is 26.2 Å². The molecule has 1 amide bonds. The molecule has 0 saturated heterocycles. The molecule has 1 aliphatic heterocycles. The molecule has 9 heteroatoms. The third-order valence-electron chi connectivity index (χ3n) is 6.14. The van der Waals surface area contributed by atoms with Crippen molar-refractivity contribution in [2.45, 2.75) is 33.4 Å². The van der Waals surface area contributed by atoms with E-state index in [1.807, 2.05) is 51.1 Å². The van der Waals surface area contributed by atoms with Gasteiger partial charge in [0.05, 0.1) is 5.57 Å². The predicted molar refractivity (Wildman–Crippen MR) is 134 cm³/mol. The van der Waals surface area contributed by atoms with Gasteiger partial charge in [0.25, 0.3) is 5.91 Å². The minimum absolute atomic E-state index is 0.110. The highest BCUT2D eigenvalue weighted by Gasteiger charge is 2.34. The molecular weight excluding hydrogens is 459 g/mol.